The van der Waals surface area contributed by atoms with Crippen molar-refractivity contribution in [3.8, 4) is 5.88 Å². The molecule has 1 amide bonds. The predicted molar refractivity (Wildman–Crippen MR) is 65.3 cm³/mol. The van der Waals surface area contributed by atoms with Crippen molar-refractivity contribution in [3.05, 3.63) is 41.3 Å². The molecule has 2 N–H and O–H groups in total. The molecule has 0 spiro atoms. The van der Waals surface area contributed by atoms with Crippen LogP contribution in [0.3, 0.4) is 0 Å². The zero-order valence-electron chi connectivity index (χ0n) is 10.2. The van der Waals surface area contributed by atoms with Gasteiger partial charge in [0.15, 0.2) is 0 Å². The van der Waals surface area contributed by atoms with Crippen molar-refractivity contribution in [1.82, 2.24) is 20.5 Å². The molecule has 2 aromatic heterocycles. The molecule has 94 valence electrons. The maximum atomic E-state index is 11.8. The van der Waals surface area contributed by atoms with E-state index >= 15 is 0 Å². The van der Waals surface area contributed by atoms with Gasteiger partial charge in [-0.15, -0.1) is 0 Å². The third-order valence-electron chi connectivity index (χ3n) is 2.53. The van der Waals surface area contributed by atoms with Crippen LogP contribution in [0.5, 0.6) is 5.88 Å². The Morgan fingerprint density at radius 1 is 1.44 bits per heavy atom. The van der Waals surface area contributed by atoms with E-state index in [4.69, 9.17) is 4.74 Å². The number of hydrogen-bond acceptors (Lipinski definition) is 4. The van der Waals surface area contributed by atoms with E-state index in [1.54, 1.807) is 26.3 Å². The minimum Gasteiger partial charge on any atom is -0.481 e. The molecule has 0 aliphatic rings. The number of aryl methyl sites for hydroxylation is 1. The molecule has 6 heteroatoms. The van der Waals surface area contributed by atoms with Crippen LogP contribution in [0.2, 0.25) is 0 Å². The second-order valence-electron chi connectivity index (χ2n) is 3.80. The Morgan fingerprint density at radius 3 is 2.83 bits per heavy atom. The summed E-state index contributed by atoms with van der Waals surface area (Å²) in [6.45, 7) is 2.22. The lowest BCUT2D eigenvalue weighted by atomic mass is 10.2. The summed E-state index contributed by atoms with van der Waals surface area (Å²) in [4.78, 5) is 15.9. The van der Waals surface area contributed by atoms with Crippen LogP contribution in [-0.4, -0.2) is 28.2 Å². The second-order valence-corrected chi connectivity index (χ2v) is 3.80. The van der Waals surface area contributed by atoms with E-state index in [1.165, 1.54) is 6.20 Å². The number of rotatable bonds is 4. The molecule has 0 radical (unpaired) electrons. The molecular weight excluding hydrogens is 232 g/mol. The third kappa shape index (κ3) is 2.65. The largest absolute Gasteiger partial charge is 0.481 e. The summed E-state index contributed by atoms with van der Waals surface area (Å²) in [6.07, 6.45) is 3.18. The monoisotopic (exact) mass is 246 g/mol. The Hall–Kier alpha value is -2.37. The van der Waals surface area contributed by atoms with Crippen molar-refractivity contribution in [2.45, 2.75) is 13.5 Å². The number of carbonyl (C=O) groups is 1. The normalized spacial score (nSPS) is 10.1. The molecule has 0 bridgehead atoms. The maximum absolute atomic E-state index is 11.8. The minimum absolute atomic E-state index is 0.155. The fraction of sp³-hybridized carbons (Fsp3) is 0.250. The molecule has 2 heterocycles. The van der Waals surface area contributed by atoms with E-state index in [1.807, 2.05) is 6.07 Å². The van der Waals surface area contributed by atoms with Gasteiger partial charge in [0.05, 0.1) is 18.9 Å². The molecule has 0 aliphatic carbocycles. The standard InChI is InChI=1S/C12H14N4O2/c1-8-10(7-15-16-8)12(17)14-6-9-3-4-11(18-2)13-5-9/h3-5,7H,6H2,1-2H3,(H,14,17)(H,15,16). The lowest BCUT2D eigenvalue weighted by Gasteiger charge is -2.05. The molecule has 0 saturated carbocycles. The second kappa shape index (κ2) is 5.31. The van der Waals surface area contributed by atoms with Crippen LogP contribution in [-0.2, 0) is 6.54 Å². The average Bonchev–Trinajstić information content (AvgIpc) is 2.83. The summed E-state index contributed by atoms with van der Waals surface area (Å²) in [5.41, 5.74) is 2.21. The first kappa shape index (κ1) is 12.1. The van der Waals surface area contributed by atoms with E-state index in [-0.39, 0.29) is 5.91 Å². The number of carbonyl (C=O) groups excluding carboxylic acids is 1. The summed E-state index contributed by atoms with van der Waals surface area (Å²) < 4.78 is 4.96. The highest BCUT2D eigenvalue weighted by atomic mass is 16.5. The maximum Gasteiger partial charge on any atom is 0.255 e. The highest BCUT2D eigenvalue weighted by molar-refractivity contribution is 5.94. The Kier molecular flexibility index (Phi) is 3.57. The topological polar surface area (TPSA) is 79.9 Å². The number of pyridine rings is 1. The highest BCUT2D eigenvalue weighted by Gasteiger charge is 2.10. The van der Waals surface area contributed by atoms with Crippen molar-refractivity contribution in [3.63, 3.8) is 0 Å². The van der Waals surface area contributed by atoms with Crippen LogP contribution in [0.4, 0.5) is 0 Å². The Balaban J connectivity index is 1.95. The van der Waals surface area contributed by atoms with Gasteiger partial charge in [0.25, 0.3) is 5.91 Å². The number of nitrogens with zero attached hydrogens (tertiary/aromatic N) is 2. The van der Waals surface area contributed by atoms with Crippen molar-refractivity contribution < 1.29 is 9.53 Å². The van der Waals surface area contributed by atoms with Crippen molar-refractivity contribution in [2.75, 3.05) is 7.11 Å². The minimum atomic E-state index is -0.155. The predicted octanol–water partition coefficient (Wildman–Crippen LogP) is 1.05. The molecule has 0 unspecified atom stereocenters. The number of amides is 1. The number of nitrogens with one attached hydrogen (secondary N) is 2. The number of aromatic nitrogens is 3. The van der Waals surface area contributed by atoms with Gasteiger partial charge >= 0.3 is 0 Å². The zero-order chi connectivity index (χ0) is 13.0. The van der Waals surface area contributed by atoms with Gasteiger partial charge in [-0.2, -0.15) is 5.10 Å². The van der Waals surface area contributed by atoms with E-state index in [9.17, 15) is 4.79 Å². The van der Waals surface area contributed by atoms with Gasteiger partial charge in [0, 0.05) is 24.5 Å². The van der Waals surface area contributed by atoms with Crippen molar-refractivity contribution >= 4 is 5.91 Å². The molecule has 2 rings (SSSR count). The Labute approximate surface area is 104 Å². The third-order valence-corrected chi connectivity index (χ3v) is 2.53. The number of H-pyrrole nitrogens is 1. The van der Waals surface area contributed by atoms with Crippen LogP contribution < -0.4 is 10.1 Å². The first-order valence-corrected chi connectivity index (χ1v) is 5.48. The molecule has 0 saturated heterocycles. The van der Waals surface area contributed by atoms with Gasteiger partial charge in [-0.3, -0.25) is 9.89 Å². The fourth-order valence-electron chi connectivity index (χ4n) is 1.49. The van der Waals surface area contributed by atoms with E-state index in [2.05, 4.69) is 20.5 Å². The molecule has 18 heavy (non-hydrogen) atoms. The van der Waals surface area contributed by atoms with E-state index in [0.717, 1.165) is 11.3 Å². The molecule has 0 aromatic carbocycles. The Morgan fingerprint density at radius 2 is 2.28 bits per heavy atom. The van der Waals surface area contributed by atoms with Gasteiger partial charge in [-0.1, -0.05) is 6.07 Å². The van der Waals surface area contributed by atoms with Crippen molar-refractivity contribution in [1.29, 1.82) is 0 Å². The number of ether oxygens (including phenoxy) is 1. The van der Waals surface area contributed by atoms with Crippen LogP contribution in [0, 0.1) is 6.92 Å². The summed E-state index contributed by atoms with van der Waals surface area (Å²) in [5, 5.41) is 9.33. The van der Waals surface area contributed by atoms with E-state index in [0.29, 0.717) is 18.0 Å². The van der Waals surface area contributed by atoms with Crippen LogP contribution in [0.25, 0.3) is 0 Å². The first-order valence-electron chi connectivity index (χ1n) is 5.48. The SMILES string of the molecule is COc1ccc(CNC(=O)c2cn[nH]c2C)cn1. The van der Waals surface area contributed by atoms with Crippen molar-refractivity contribution in [2.24, 2.45) is 0 Å². The average molecular weight is 246 g/mol. The Bertz CT molecular complexity index is 533. The smallest absolute Gasteiger partial charge is 0.255 e. The summed E-state index contributed by atoms with van der Waals surface area (Å²) in [7, 11) is 1.56. The fourth-order valence-corrected chi connectivity index (χ4v) is 1.49. The quantitative estimate of drug-likeness (QED) is 0.845. The molecule has 0 aliphatic heterocycles. The molecule has 0 fully saturated rings. The molecule has 2 aromatic rings. The molecule has 0 atom stereocenters. The van der Waals surface area contributed by atoms with Gasteiger partial charge in [0.2, 0.25) is 5.88 Å². The van der Waals surface area contributed by atoms with E-state index < -0.39 is 0 Å². The lowest BCUT2D eigenvalue weighted by Crippen LogP contribution is -2.23. The van der Waals surface area contributed by atoms with Crippen LogP contribution in [0.15, 0.2) is 24.5 Å². The first-order chi connectivity index (χ1) is 8.70. The summed E-state index contributed by atoms with van der Waals surface area (Å²) >= 11 is 0. The highest BCUT2D eigenvalue weighted by Crippen LogP contribution is 2.07. The summed E-state index contributed by atoms with van der Waals surface area (Å²) in [5.74, 6) is 0.396. The van der Waals surface area contributed by atoms with Gasteiger partial charge < -0.3 is 10.1 Å². The molecule has 6 nitrogen and oxygen atoms in total. The van der Waals surface area contributed by atoms with Gasteiger partial charge in [0.1, 0.15) is 0 Å². The number of hydrogen-bond donors (Lipinski definition) is 2. The van der Waals surface area contributed by atoms with Crippen LogP contribution in [0.1, 0.15) is 21.6 Å². The zero-order valence-corrected chi connectivity index (χ0v) is 10.2. The van der Waals surface area contributed by atoms with Gasteiger partial charge in [-0.05, 0) is 12.5 Å². The van der Waals surface area contributed by atoms with Crippen LogP contribution >= 0.6 is 0 Å². The summed E-state index contributed by atoms with van der Waals surface area (Å²) in [6, 6.07) is 3.61. The molecular formula is C12H14N4O2. The lowest BCUT2D eigenvalue weighted by molar-refractivity contribution is 0.0950. The number of methoxy groups -OCH3 is 1. The number of aromatic amines is 1. The van der Waals surface area contributed by atoms with Gasteiger partial charge in [-0.25, -0.2) is 4.98 Å².